The maximum Gasteiger partial charge on any atom is 0.266 e. The third kappa shape index (κ3) is 3.23. The van der Waals surface area contributed by atoms with Gasteiger partial charge in [0.25, 0.3) is 5.56 Å². The fourth-order valence-corrected chi connectivity index (χ4v) is 5.32. The number of piperidine rings is 1. The average Bonchev–Trinajstić information content (AvgIpc) is 3.28. The molecule has 1 saturated carbocycles. The first-order valence-electron chi connectivity index (χ1n) is 10.2. The normalized spacial score (nSPS) is 37.3. The quantitative estimate of drug-likeness (QED) is 0.863. The molecule has 4 fully saturated rings. The van der Waals surface area contributed by atoms with Gasteiger partial charge in [-0.05, 0) is 56.9 Å². The van der Waals surface area contributed by atoms with Crippen LogP contribution in [0.15, 0.2) is 16.9 Å². The van der Waals surface area contributed by atoms with Crippen LogP contribution in [0, 0.1) is 5.92 Å². The molecule has 3 saturated heterocycles. The number of nitrogens with zero attached hydrogens (tertiary/aromatic N) is 3. The molecule has 2 bridgehead atoms. The fraction of sp³-hybridized carbons (Fsp3) is 0.800. The third-order valence-corrected chi connectivity index (χ3v) is 6.82. The molecule has 1 aromatic rings. The first-order valence-corrected chi connectivity index (χ1v) is 10.2. The van der Waals surface area contributed by atoms with Gasteiger partial charge < -0.3 is 9.84 Å². The van der Waals surface area contributed by atoms with E-state index in [-0.39, 0.29) is 5.56 Å². The van der Waals surface area contributed by atoms with Crippen molar-refractivity contribution in [2.24, 2.45) is 5.92 Å². The summed E-state index contributed by atoms with van der Waals surface area (Å²) in [5.41, 5.74) is 0.101. The largest absolute Gasteiger partial charge is 0.388 e. The SMILES string of the molecule is O=c1ccc(C2CC2)nn1CC1(O)C[C@H]2CC[C@@H](C1)N2C[C@H]1CCOC1. The number of aromatic nitrogens is 2. The Hall–Kier alpha value is -1.24. The third-order valence-electron chi connectivity index (χ3n) is 6.82. The molecule has 0 radical (unpaired) electrons. The van der Waals surface area contributed by atoms with Crippen LogP contribution in [0.4, 0.5) is 0 Å². The molecule has 3 aliphatic heterocycles. The second-order valence-electron chi connectivity index (χ2n) is 8.97. The molecule has 1 unspecified atom stereocenters. The number of ether oxygens (including phenoxy) is 1. The van der Waals surface area contributed by atoms with E-state index in [9.17, 15) is 9.90 Å². The molecule has 4 atom stereocenters. The zero-order valence-electron chi connectivity index (χ0n) is 15.3. The van der Waals surface area contributed by atoms with Gasteiger partial charge in [-0.1, -0.05) is 0 Å². The molecule has 1 aromatic heterocycles. The summed E-state index contributed by atoms with van der Waals surface area (Å²) in [6.45, 7) is 3.21. The zero-order valence-corrected chi connectivity index (χ0v) is 15.3. The molecule has 5 rings (SSSR count). The van der Waals surface area contributed by atoms with Crippen molar-refractivity contribution in [1.82, 2.24) is 14.7 Å². The first kappa shape index (κ1) is 16.9. The van der Waals surface area contributed by atoms with Crippen LogP contribution in [0.5, 0.6) is 0 Å². The van der Waals surface area contributed by atoms with E-state index in [1.807, 2.05) is 6.07 Å². The fourth-order valence-electron chi connectivity index (χ4n) is 5.32. The minimum absolute atomic E-state index is 0.0966. The average molecular weight is 359 g/mol. The van der Waals surface area contributed by atoms with Crippen molar-refractivity contribution in [2.75, 3.05) is 19.8 Å². The number of rotatable bonds is 5. The molecule has 6 nitrogen and oxygen atoms in total. The van der Waals surface area contributed by atoms with E-state index in [2.05, 4.69) is 10.00 Å². The van der Waals surface area contributed by atoms with Crippen molar-refractivity contribution in [2.45, 2.75) is 75.1 Å². The molecule has 26 heavy (non-hydrogen) atoms. The lowest BCUT2D eigenvalue weighted by molar-refractivity contribution is -0.0687. The Kier molecular flexibility index (Phi) is 4.18. The van der Waals surface area contributed by atoms with E-state index in [0.29, 0.717) is 30.5 Å². The molecule has 1 N–H and O–H groups in total. The van der Waals surface area contributed by atoms with Crippen molar-refractivity contribution < 1.29 is 9.84 Å². The van der Waals surface area contributed by atoms with Gasteiger partial charge in [0.05, 0.1) is 24.4 Å². The molecule has 4 heterocycles. The van der Waals surface area contributed by atoms with Gasteiger partial charge in [0.1, 0.15) is 0 Å². The van der Waals surface area contributed by atoms with Crippen LogP contribution in [-0.4, -0.2) is 57.2 Å². The van der Waals surface area contributed by atoms with Crippen molar-refractivity contribution in [1.29, 1.82) is 0 Å². The lowest BCUT2D eigenvalue weighted by Crippen LogP contribution is -2.54. The zero-order chi connectivity index (χ0) is 17.7. The van der Waals surface area contributed by atoms with Gasteiger partial charge in [0.15, 0.2) is 0 Å². The van der Waals surface area contributed by atoms with E-state index in [0.717, 1.165) is 57.6 Å². The first-order chi connectivity index (χ1) is 12.6. The summed E-state index contributed by atoms with van der Waals surface area (Å²) in [5, 5.41) is 15.9. The van der Waals surface area contributed by atoms with Gasteiger partial charge in [-0.15, -0.1) is 0 Å². The van der Waals surface area contributed by atoms with Crippen molar-refractivity contribution in [3.05, 3.63) is 28.2 Å². The summed E-state index contributed by atoms with van der Waals surface area (Å²) in [4.78, 5) is 14.9. The maximum absolute atomic E-state index is 12.3. The summed E-state index contributed by atoms with van der Waals surface area (Å²) in [6, 6.07) is 4.34. The van der Waals surface area contributed by atoms with Crippen molar-refractivity contribution >= 4 is 0 Å². The predicted octanol–water partition coefficient (Wildman–Crippen LogP) is 1.52. The van der Waals surface area contributed by atoms with Gasteiger partial charge in [0.2, 0.25) is 0 Å². The highest BCUT2D eigenvalue weighted by Crippen LogP contribution is 2.42. The number of fused-ring (bicyclic) bond motifs is 2. The van der Waals surface area contributed by atoms with Crippen molar-refractivity contribution in [3.63, 3.8) is 0 Å². The molecule has 1 aliphatic carbocycles. The minimum atomic E-state index is -0.812. The van der Waals surface area contributed by atoms with E-state index in [1.54, 1.807) is 6.07 Å². The molecular formula is C20H29N3O3. The second kappa shape index (κ2) is 6.43. The molecule has 0 aromatic carbocycles. The molecule has 0 amide bonds. The van der Waals surface area contributed by atoms with E-state index in [1.165, 1.54) is 17.5 Å². The van der Waals surface area contributed by atoms with Crippen LogP contribution < -0.4 is 5.56 Å². The Labute approximate surface area is 154 Å². The van der Waals surface area contributed by atoms with Crippen molar-refractivity contribution in [3.8, 4) is 0 Å². The second-order valence-corrected chi connectivity index (χ2v) is 8.97. The Morgan fingerprint density at radius 3 is 2.58 bits per heavy atom. The van der Waals surface area contributed by atoms with Crippen LogP contribution in [0.2, 0.25) is 0 Å². The number of aliphatic hydroxyl groups is 1. The summed E-state index contributed by atoms with van der Waals surface area (Å²) in [6.07, 6.45) is 7.31. The molecule has 0 spiro atoms. The van der Waals surface area contributed by atoms with E-state index >= 15 is 0 Å². The summed E-state index contributed by atoms with van der Waals surface area (Å²) < 4.78 is 7.06. The lowest BCUT2D eigenvalue weighted by atomic mass is 9.85. The summed E-state index contributed by atoms with van der Waals surface area (Å²) >= 11 is 0. The minimum Gasteiger partial charge on any atom is -0.388 e. The van der Waals surface area contributed by atoms with Crippen LogP contribution in [0.3, 0.4) is 0 Å². The maximum atomic E-state index is 12.3. The van der Waals surface area contributed by atoms with E-state index in [4.69, 9.17) is 4.74 Å². The molecule has 6 heteroatoms. The lowest BCUT2D eigenvalue weighted by Gasteiger charge is -2.44. The van der Waals surface area contributed by atoms with Crippen LogP contribution in [0.25, 0.3) is 0 Å². The standard InChI is InChI=1S/C20H29N3O3/c24-19-6-5-18(15-1-2-15)21-23(19)13-20(25)9-16-3-4-17(10-20)22(16)11-14-7-8-26-12-14/h5-6,14-17,25H,1-4,7-13H2/t14-,16-,17+,20?/m1/s1. The monoisotopic (exact) mass is 359 g/mol. The van der Waals surface area contributed by atoms with Gasteiger partial charge in [-0.25, -0.2) is 4.68 Å². The van der Waals surface area contributed by atoms with Crippen LogP contribution >= 0.6 is 0 Å². The summed E-state index contributed by atoms with van der Waals surface area (Å²) in [7, 11) is 0. The van der Waals surface area contributed by atoms with Crippen LogP contribution in [-0.2, 0) is 11.3 Å². The molecule has 4 aliphatic rings. The van der Waals surface area contributed by atoms with Gasteiger partial charge in [0, 0.05) is 37.2 Å². The number of hydrogen-bond acceptors (Lipinski definition) is 5. The van der Waals surface area contributed by atoms with Gasteiger partial charge in [-0.2, -0.15) is 5.10 Å². The highest BCUT2D eigenvalue weighted by molar-refractivity contribution is 5.13. The van der Waals surface area contributed by atoms with Crippen LogP contribution in [0.1, 0.15) is 56.6 Å². The van der Waals surface area contributed by atoms with Gasteiger partial charge in [-0.3, -0.25) is 9.69 Å². The Morgan fingerprint density at radius 1 is 1.15 bits per heavy atom. The smallest absolute Gasteiger partial charge is 0.266 e. The highest BCUT2D eigenvalue weighted by Gasteiger charge is 2.48. The summed E-state index contributed by atoms with van der Waals surface area (Å²) in [5.74, 6) is 1.16. The predicted molar refractivity (Wildman–Crippen MR) is 97.1 cm³/mol. The van der Waals surface area contributed by atoms with Gasteiger partial charge >= 0.3 is 0 Å². The Balaban J connectivity index is 1.30. The Morgan fingerprint density at radius 2 is 1.92 bits per heavy atom. The number of hydrogen-bond donors (Lipinski definition) is 1. The molecule has 142 valence electrons. The van der Waals surface area contributed by atoms with E-state index < -0.39 is 5.60 Å². The molecular weight excluding hydrogens is 330 g/mol. The Bertz CT molecular complexity index is 709. The topological polar surface area (TPSA) is 67.6 Å². The highest BCUT2D eigenvalue weighted by atomic mass is 16.5.